The van der Waals surface area contributed by atoms with Gasteiger partial charge in [-0.3, -0.25) is 4.79 Å². The van der Waals surface area contributed by atoms with Gasteiger partial charge >= 0.3 is 0 Å². The Balaban J connectivity index is 2.11. The van der Waals surface area contributed by atoms with Crippen molar-refractivity contribution in [1.82, 2.24) is 0 Å². The number of aromatic hydroxyl groups is 1. The zero-order valence-electron chi connectivity index (χ0n) is 10.9. The van der Waals surface area contributed by atoms with Gasteiger partial charge in [-0.2, -0.15) is 0 Å². The van der Waals surface area contributed by atoms with Gasteiger partial charge in [-0.15, -0.1) is 0 Å². The Hall–Kier alpha value is -2.04. The van der Waals surface area contributed by atoms with E-state index >= 15 is 0 Å². The number of phenols is 1. The second-order valence-electron chi connectivity index (χ2n) is 4.54. The number of phenolic OH excluding ortho intramolecular Hbond substituents is 1. The van der Waals surface area contributed by atoms with E-state index in [0.29, 0.717) is 5.69 Å². The number of carbonyl (C=O) groups is 1. The Labute approximate surface area is 122 Å². The first-order valence-corrected chi connectivity index (χ1v) is 6.46. The van der Waals surface area contributed by atoms with Crippen LogP contribution in [0, 0.1) is 6.92 Å². The van der Waals surface area contributed by atoms with Crippen LogP contribution in [0.1, 0.15) is 17.2 Å². The highest BCUT2D eigenvalue weighted by atomic mass is 35.5. The van der Waals surface area contributed by atoms with Gasteiger partial charge in [0, 0.05) is 5.69 Å². The molecule has 0 saturated heterocycles. The van der Waals surface area contributed by atoms with E-state index in [-0.39, 0.29) is 16.7 Å². The first-order valence-electron chi connectivity index (χ1n) is 6.09. The van der Waals surface area contributed by atoms with E-state index in [1.54, 1.807) is 6.07 Å². The third-order valence-corrected chi connectivity index (χ3v) is 3.24. The first kappa shape index (κ1) is 14.4. The van der Waals surface area contributed by atoms with E-state index in [1.165, 1.54) is 12.1 Å². The monoisotopic (exact) mass is 290 g/mol. The van der Waals surface area contributed by atoms with Crippen molar-refractivity contribution < 1.29 is 9.90 Å². The third-order valence-electron chi connectivity index (χ3n) is 2.93. The Morgan fingerprint density at radius 1 is 1.25 bits per heavy atom. The Morgan fingerprint density at radius 3 is 2.50 bits per heavy atom. The van der Waals surface area contributed by atoms with Gasteiger partial charge < -0.3 is 16.2 Å². The second kappa shape index (κ2) is 5.94. The van der Waals surface area contributed by atoms with Crippen molar-refractivity contribution in [1.29, 1.82) is 0 Å². The van der Waals surface area contributed by atoms with Crippen molar-refractivity contribution in [3.8, 4) is 5.75 Å². The zero-order valence-corrected chi connectivity index (χ0v) is 11.7. The molecule has 0 aliphatic carbocycles. The van der Waals surface area contributed by atoms with E-state index in [9.17, 15) is 9.90 Å². The highest BCUT2D eigenvalue weighted by Gasteiger charge is 2.16. The molecule has 0 bridgehead atoms. The number of nitrogens with two attached hydrogens (primary N) is 1. The topological polar surface area (TPSA) is 75.4 Å². The minimum Gasteiger partial charge on any atom is -0.506 e. The number of rotatable bonds is 3. The number of hydrogen-bond acceptors (Lipinski definition) is 3. The summed E-state index contributed by atoms with van der Waals surface area (Å²) in [6, 6.07) is 11.1. The highest BCUT2D eigenvalue weighted by Crippen LogP contribution is 2.26. The summed E-state index contributed by atoms with van der Waals surface area (Å²) in [4.78, 5) is 12.1. The normalized spacial score (nSPS) is 11.9. The Morgan fingerprint density at radius 2 is 1.90 bits per heavy atom. The lowest BCUT2D eigenvalue weighted by atomic mass is 10.1. The summed E-state index contributed by atoms with van der Waals surface area (Å²) in [7, 11) is 0. The highest BCUT2D eigenvalue weighted by molar-refractivity contribution is 6.32. The molecule has 1 atom stereocenters. The fraction of sp³-hybridized carbons (Fsp3) is 0.133. The molecule has 104 valence electrons. The predicted molar refractivity (Wildman–Crippen MR) is 79.9 cm³/mol. The number of amides is 1. The summed E-state index contributed by atoms with van der Waals surface area (Å²) in [6.45, 7) is 1.97. The number of hydrogen-bond donors (Lipinski definition) is 3. The second-order valence-corrected chi connectivity index (χ2v) is 4.95. The summed E-state index contributed by atoms with van der Waals surface area (Å²) >= 11 is 5.78. The van der Waals surface area contributed by atoms with Crippen molar-refractivity contribution >= 4 is 23.2 Å². The fourth-order valence-corrected chi connectivity index (χ4v) is 1.91. The van der Waals surface area contributed by atoms with E-state index in [4.69, 9.17) is 17.3 Å². The molecule has 0 spiro atoms. The van der Waals surface area contributed by atoms with E-state index in [0.717, 1.165) is 11.1 Å². The maximum atomic E-state index is 12.1. The van der Waals surface area contributed by atoms with Crippen molar-refractivity contribution in [2.75, 3.05) is 5.32 Å². The molecule has 1 unspecified atom stereocenters. The smallest absolute Gasteiger partial charge is 0.245 e. The van der Waals surface area contributed by atoms with Gasteiger partial charge in [0.15, 0.2) is 0 Å². The standard InChI is InChI=1S/C15H15ClN2O2/c1-9-2-4-10(5-3-9)14(17)15(20)18-11-6-7-13(19)12(16)8-11/h2-8,14,19H,17H2,1H3,(H,18,20). The van der Waals surface area contributed by atoms with E-state index in [2.05, 4.69) is 5.32 Å². The largest absolute Gasteiger partial charge is 0.506 e. The minimum atomic E-state index is -0.761. The number of carbonyl (C=O) groups excluding carboxylic acids is 1. The van der Waals surface area contributed by atoms with Crippen LogP contribution in [-0.4, -0.2) is 11.0 Å². The maximum Gasteiger partial charge on any atom is 0.245 e. The first-order chi connectivity index (χ1) is 9.47. The van der Waals surface area contributed by atoms with Crippen molar-refractivity contribution in [2.45, 2.75) is 13.0 Å². The molecule has 0 radical (unpaired) electrons. The molecule has 2 aromatic carbocycles. The van der Waals surface area contributed by atoms with Crippen molar-refractivity contribution in [2.24, 2.45) is 5.73 Å². The van der Waals surface area contributed by atoms with Crippen LogP contribution in [0.3, 0.4) is 0 Å². The summed E-state index contributed by atoms with van der Waals surface area (Å²) in [5, 5.41) is 12.2. The molecule has 0 heterocycles. The number of aryl methyl sites for hydroxylation is 1. The molecule has 4 nitrogen and oxygen atoms in total. The summed E-state index contributed by atoms with van der Waals surface area (Å²) < 4.78 is 0. The summed E-state index contributed by atoms with van der Waals surface area (Å²) in [5.41, 5.74) is 8.23. The number of anilines is 1. The van der Waals surface area contributed by atoms with Crippen LogP contribution in [0.2, 0.25) is 5.02 Å². The van der Waals surface area contributed by atoms with Gasteiger partial charge in [-0.05, 0) is 30.7 Å². The number of nitrogens with one attached hydrogen (secondary N) is 1. The molecule has 1 amide bonds. The van der Waals surface area contributed by atoms with Crippen LogP contribution in [-0.2, 0) is 4.79 Å². The van der Waals surface area contributed by atoms with Crippen LogP contribution in [0.5, 0.6) is 5.75 Å². The molecular formula is C15H15ClN2O2. The third kappa shape index (κ3) is 3.29. The van der Waals surface area contributed by atoms with E-state index in [1.807, 2.05) is 31.2 Å². The lowest BCUT2D eigenvalue weighted by molar-refractivity contribution is -0.117. The maximum absolute atomic E-state index is 12.1. The molecule has 0 aromatic heterocycles. The van der Waals surface area contributed by atoms with E-state index < -0.39 is 6.04 Å². The molecule has 20 heavy (non-hydrogen) atoms. The molecular weight excluding hydrogens is 276 g/mol. The van der Waals surface area contributed by atoms with Gasteiger partial charge in [-0.1, -0.05) is 41.4 Å². The SMILES string of the molecule is Cc1ccc(C(N)C(=O)Nc2ccc(O)c(Cl)c2)cc1. The molecule has 4 N–H and O–H groups in total. The quantitative estimate of drug-likeness (QED) is 0.761. The van der Waals surface area contributed by atoms with Crippen LogP contribution < -0.4 is 11.1 Å². The van der Waals surface area contributed by atoms with Gasteiger partial charge in [0.1, 0.15) is 11.8 Å². The van der Waals surface area contributed by atoms with Crippen LogP contribution >= 0.6 is 11.6 Å². The average molecular weight is 291 g/mol. The number of benzene rings is 2. The molecule has 0 fully saturated rings. The van der Waals surface area contributed by atoms with Gasteiger partial charge in [0.05, 0.1) is 5.02 Å². The molecule has 2 rings (SSSR count). The molecule has 0 saturated carbocycles. The lowest BCUT2D eigenvalue weighted by Gasteiger charge is -2.13. The van der Waals surface area contributed by atoms with Crippen LogP contribution in [0.15, 0.2) is 42.5 Å². The molecule has 0 aliphatic heterocycles. The summed E-state index contributed by atoms with van der Waals surface area (Å²) in [5.74, 6) is -0.372. The fourth-order valence-electron chi connectivity index (χ4n) is 1.73. The predicted octanol–water partition coefficient (Wildman–Crippen LogP) is 2.99. The van der Waals surface area contributed by atoms with Gasteiger partial charge in [0.2, 0.25) is 5.91 Å². The van der Waals surface area contributed by atoms with Gasteiger partial charge in [-0.25, -0.2) is 0 Å². The zero-order chi connectivity index (χ0) is 14.7. The van der Waals surface area contributed by atoms with Crippen molar-refractivity contribution in [3.63, 3.8) is 0 Å². The number of halogens is 1. The molecule has 2 aromatic rings. The Kier molecular flexibility index (Phi) is 4.27. The summed E-state index contributed by atoms with van der Waals surface area (Å²) in [6.07, 6.45) is 0. The molecule has 0 aliphatic rings. The molecule has 5 heteroatoms. The van der Waals surface area contributed by atoms with Gasteiger partial charge in [0.25, 0.3) is 0 Å². The van der Waals surface area contributed by atoms with Crippen molar-refractivity contribution in [3.05, 3.63) is 58.6 Å². The van der Waals surface area contributed by atoms with Crippen LogP contribution in [0.25, 0.3) is 0 Å². The average Bonchev–Trinajstić information content (AvgIpc) is 2.43. The lowest BCUT2D eigenvalue weighted by Crippen LogP contribution is -2.27. The van der Waals surface area contributed by atoms with Crippen LogP contribution in [0.4, 0.5) is 5.69 Å². The minimum absolute atomic E-state index is 0.0347. The Bertz CT molecular complexity index is 626.